The van der Waals surface area contributed by atoms with Crippen LogP contribution in [0.3, 0.4) is 0 Å². The first-order valence-electron chi connectivity index (χ1n) is 5.21. The summed E-state index contributed by atoms with van der Waals surface area (Å²) in [6.07, 6.45) is 1.21. The lowest BCUT2D eigenvalue weighted by Gasteiger charge is -2.10. The van der Waals surface area contributed by atoms with Crippen LogP contribution < -0.4 is 0 Å². The number of Topliss-reactive ketones (excluding diaryl/α,β-unsaturated/α-hetero) is 1. The number of allylic oxidation sites excluding steroid dienone is 1. The first-order chi connectivity index (χ1) is 7.84. The van der Waals surface area contributed by atoms with E-state index in [9.17, 15) is 9.59 Å². The third-order valence-electron chi connectivity index (χ3n) is 1.93. The molecule has 0 aliphatic heterocycles. The van der Waals surface area contributed by atoms with Crippen LogP contribution in [0.1, 0.15) is 13.8 Å². The number of ketones is 1. The van der Waals surface area contributed by atoms with Gasteiger partial charge in [-0.3, -0.25) is 9.68 Å². The molecule has 0 aliphatic carbocycles. The Morgan fingerprint density at radius 2 is 1.76 bits per heavy atom. The van der Waals surface area contributed by atoms with Gasteiger partial charge in [-0.15, -0.1) is 0 Å². The molecule has 0 saturated heterocycles. The molecule has 4 nitrogen and oxygen atoms in total. The van der Waals surface area contributed by atoms with Crippen LogP contribution >= 0.6 is 7.92 Å². The third-order valence-corrected chi connectivity index (χ3v) is 3.70. The molecule has 0 rings (SSSR count). The third kappa shape index (κ3) is 7.83. The fourth-order valence-electron chi connectivity index (χ4n) is 0.819. The van der Waals surface area contributed by atoms with Gasteiger partial charge in [0.1, 0.15) is 0 Å². The first kappa shape index (κ1) is 16.0. The van der Waals surface area contributed by atoms with E-state index in [2.05, 4.69) is 18.0 Å². The van der Waals surface area contributed by atoms with Crippen molar-refractivity contribution in [1.82, 2.24) is 0 Å². The van der Waals surface area contributed by atoms with Gasteiger partial charge in [0.2, 0.25) is 0 Å². The summed E-state index contributed by atoms with van der Waals surface area (Å²) in [5, 5.41) is 0. The van der Waals surface area contributed by atoms with E-state index in [0.29, 0.717) is 30.1 Å². The fourth-order valence-corrected chi connectivity index (χ4v) is 2.12. The molecular formula is C12H19O4P. The molecule has 5 heteroatoms. The molecule has 1 unspecified atom stereocenters. The highest BCUT2D eigenvalue weighted by Crippen LogP contribution is 2.30. The minimum absolute atomic E-state index is 0.0811. The van der Waals surface area contributed by atoms with Crippen LogP contribution in [0.4, 0.5) is 0 Å². The summed E-state index contributed by atoms with van der Waals surface area (Å²) in [5.74, 6) is -0.485. The summed E-state index contributed by atoms with van der Waals surface area (Å²) in [5.41, 5.74) is 0.871. The molecular weight excluding hydrogens is 239 g/mol. The summed E-state index contributed by atoms with van der Waals surface area (Å²) in [7, 11) is -0.448. The van der Waals surface area contributed by atoms with Crippen molar-refractivity contribution in [3.8, 4) is 0 Å². The highest BCUT2D eigenvalue weighted by atomic mass is 31.1. The first-order valence-corrected chi connectivity index (χ1v) is 7.37. The molecule has 0 fully saturated rings. The highest BCUT2D eigenvalue weighted by molar-refractivity contribution is 7.57. The van der Waals surface area contributed by atoms with Crippen molar-refractivity contribution >= 4 is 19.7 Å². The molecule has 1 atom stereocenters. The Labute approximate surface area is 103 Å². The molecule has 0 aromatic rings. The van der Waals surface area contributed by atoms with Gasteiger partial charge in [-0.1, -0.05) is 21.1 Å². The molecule has 96 valence electrons. The zero-order chi connectivity index (χ0) is 13.4. The Balaban J connectivity index is 3.68. The second-order valence-electron chi connectivity index (χ2n) is 3.91. The summed E-state index contributed by atoms with van der Waals surface area (Å²) in [4.78, 5) is 31.5. The number of carbonyl (C=O) groups excluding carboxylic acids is 2. The molecule has 0 saturated carbocycles. The van der Waals surface area contributed by atoms with E-state index in [0.717, 1.165) is 0 Å². The topological polar surface area (TPSA) is 52.6 Å². The molecule has 0 radical (unpaired) electrons. The van der Waals surface area contributed by atoms with Crippen LogP contribution in [0.5, 0.6) is 0 Å². The number of hydrogen-bond acceptors (Lipinski definition) is 4. The molecule has 0 amide bonds. The fraction of sp³-hybridized carbons (Fsp3) is 0.500. The van der Waals surface area contributed by atoms with Gasteiger partial charge >= 0.3 is 5.97 Å². The largest absolute Gasteiger partial charge is 0.368 e. The number of carbonyl (C=O) groups is 2. The summed E-state index contributed by atoms with van der Waals surface area (Å²) in [6.45, 7) is 12.6. The Morgan fingerprint density at radius 3 is 2.24 bits per heavy atom. The zero-order valence-electron chi connectivity index (χ0n) is 10.6. The average Bonchev–Trinajstić information content (AvgIpc) is 2.23. The van der Waals surface area contributed by atoms with Crippen molar-refractivity contribution in [2.24, 2.45) is 0 Å². The predicted octanol–water partition coefficient (Wildman–Crippen LogP) is 2.29. The Morgan fingerprint density at radius 1 is 1.18 bits per heavy atom. The van der Waals surface area contributed by atoms with Gasteiger partial charge in [-0.25, -0.2) is 4.79 Å². The van der Waals surface area contributed by atoms with Crippen molar-refractivity contribution in [3.05, 3.63) is 24.3 Å². The predicted molar refractivity (Wildman–Crippen MR) is 69.3 cm³/mol. The Kier molecular flexibility index (Phi) is 7.68. The molecule has 0 N–H and O–H groups in total. The van der Waals surface area contributed by atoms with Crippen molar-refractivity contribution in [2.75, 3.05) is 25.6 Å². The van der Waals surface area contributed by atoms with E-state index < -0.39 is 13.9 Å². The minimum atomic E-state index is -0.566. The Hall–Kier alpha value is -0.990. The summed E-state index contributed by atoms with van der Waals surface area (Å²) < 4.78 is 0. The van der Waals surface area contributed by atoms with Gasteiger partial charge in [-0.2, -0.15) is 4.89 Å². The number of rotatable bonds is 8. The molecule has 0 bridgehead atoms. The molecule has 0 aliphatic rings. The van der Waals surface area contributed by atoms with Gasteiger partial charge in [0.05, 0.1) is 6.61 Å². The van der Waals surface area contributed by atoms with Crippen molar-refractivity contribution in [2.45, 2.75) is 13.8 Å². The lowest BCUT2D eigenvalue weighted by molar-refractivity contribution is -0.264. The monoisotopic (exact) mass is 258 g/mol. The smallest absolute Gasteiger partial charge is 0.294 e. The number of hydrogen-bond donors (Lipinski definition) is 0. The quantitative estimate of drug-likeness (QED) is 0.220. The second-order valence-corrected chi connectivity index (χ2v) is 6.39. The van der Waals surface area contributed by atoms with E-state index >= 15 is 0 Å². The SMILES string of the molecule is C=C(C)C(=O)CP(C)CCOOC(=O)C(=C)C. The van der Waals surface area contributed by atoms with Gasteiger partial charge in [0.15, 0.2) is 5.78 Å². The van der Waals surface area contributed by atoms with Gasteiger partial charge < -0.3 is 0 Å². The van der Waals surface area contributed by atoms with Gasteiger partial charge in [0, 0.05) is 11.7 Å². The zero-order valence-corrected chi connectivity index (χ0v) is 11.5. The van der Waals surface area contributed by atoms with Crippen LogP contribution in [0, 0.1) is 0 Å². The summed E-state index contributed by atoms with van der Waals surface area (Å²) >= 11 is 0. The molecule has 17 heavy (non-hydrogen) atoms. The highest BCUT2D eigenvalue weighted by Gasteiger charge is 2.10. The van der Waals surface area contributed by atoms with Crippen molar-refractivity contribution < 1.29 is 19.4 Å². The lowest BCUT2D eigenvalue weighted by Crippen LogP contribution is -2.10. The van der Waals surface area contributed by atoms with Crippen molar-refractivity contribution in [3.63, 3.8) is 0 Å². The Bertz CT molecular complexity index is 322. The lowest BCUT2D eigenvalue weighted by atomic mass is 10.2. The van der Waals surface area contributed by atoms with E-state index in [1.54, 1.807) is 13.8 Å². The van der Waals surface area contributed by atoms with E-state index in [-0.39, 0.29) is 5.78 Å². The van der Waals surface area contributed by atoms with Crippen LogP contribution in [0.25, 0.3) is 0 Å². The van der Waals surface area contributed by atoms with Crippen molar-refractivity contribution in [1.29, 1.82) is 0 Å². The summed E-state index contributed by atoms with van der Waals surface area (Å²) in [6, 6.07) is 0. The maximum absolute atomic E-state index is 11.4. The van der Waals surface area contributed by atoms with Gasteiger partial charge in [-0.05, 0) is 32.2 Å². The van der Waals surface area contributed by atoms with E-state index in [1.807, 2.05) is 6.66 Å². The molecule has 0 aromatic carbocycles. The maximum atomic E-state index is 11.4. The normalized spacial score (nSPS) is 11.7. The standard InChI is InChI=1S/C12H19O4P/c1-9(2)11(13)8-17(5)7-6-15-16-12(14)10(3)4/h1,3,6-8H2,2,4-5H3. The van der Waals surface area contributed by atoms with Crippen LogP contribution in [0.15, 0.2) is 24.3 Å². The van der Waals surface area contributed by atoms with Crippen LogP contribution in [-0.2, 0) is 19.4 Å². The van der Waals surface area contributed by atoms with E-state index in [4.69, 9.17) is 4.89 Å². The van der Waals surface area contributed by atoms with Crippen LogP contribution in [0.2, 0.25) is 0 Å². The minimum Gasteiger partial charge on any atom is -0.294 e. The van der Waals surface area contributed by atoms with E-state index in [1.165, 1.54) is 0 Å². The second kappa shape index (κ2) is 8.15. The maximum Gasteiger partial charge on any atom is 0.368 e. The van der Waals surface area contributed by atoms with Gasteiger partial charge in [0.25, 0.3) is 0 Å². The molecule has 0 heterocycles. The molecule has 0 spiro atoms. The molecule has 0 aromatic heterocycles. The van der Waals surface area contributed by atoms with Crippen LogP contribution in [-0.4, -0.2) is 37.3 Å². The average molecular weight is 258 g/mol.